The lowest BCUT2D eigenvalue weighted by Gasteiger charge is -2.18. The second-order valence-electron chi connectivity index (χ2n) is 5.66. The highest BCUT2D eigenvalue weighted by molar-refractivity contribution is 7.15. The van der Waals surface area contributed by atoms with Gasteiger partial charge in [-0.25, -0.2) is 0 Å². The van der Waals surface area contributed by atoms with Gasteiger partial charge in [0.25, 0.3) is 0 Å². The van der Waals surface area contributed by atoms with E-state index in [0.29, 0.717) is 32.0 Å². The smallest absolute Gasteiger partial charge is 0.304 e. The highest BCUT2D eigenvalue weighted by atomic mass is 32.1. The molecule has 0 saturated carbocycles. The van der Waals surface area contributed by atoms with E-state index in [1.165, 1.54) is 4.88 Å². The Morgan fingerprint density at radius 1 is 1.39 bits per heavy atom. The standard InChI is InChI=1S/C17H19NO4S/c1-11-2-3-15(23-11)12-8-13-10-18(5-4-16(20)21)6-7-22-17(13)14(19)9-12/h2-3,8-9,19H,4-7,10H2,1H3,(H,20,21). The number of aliphatic carboxylic acids is 1. The summed E-state index contributed by atoms with van der Waals surface area (Å²) in [6.45, 7) is 4.19. The van der Waals surface area contributed by atoms with Crippen LogP contribution < -0.4 is 4.74 Å². The van der Waals surface area contributed by atoms with E-state index >= 15 is 0 Å². The number of thiophene rings is 1. The Morgan fingerprint density at radius 3 is 2.91 bits per heavy atom. The van der Waals surface area contributed by atoms with Crippen molar-refractivity contribution in [2.45, 2.75) is 19.9 Å². The summed E-state index contributed by atoms with van der Waals surface area (Å²) in [6, 6.07) is 7.86. The normalized spacial score (nSPS) is 14.8. The van der Waals surface area contributed by atoms with Crippen LogP contribution in [0.15, 0.2) is 24.3 Å². The van der Waals surface area contributed by atoms with Gasteiger partial charge >= 0.3 is 5.97 Å². The van der Waals surface area contributed by atoms with E-state index in [-0.39, 0.29) is 12.2 Å². The molecule has 1 aromatic carbocycles. The number of aromatic hydroxyl groups is 1. The number of nitrogens with zero attached hydrogens (tertiary/aromatic N) is 1. The van der Waals surface area contributed by atoms with E-state index < -0.39 is 5.97 Å². The maximum absolute atomic E-state index is 10.8. The summed E-state index contributed by atoms with van der Waals surface area (Å²) in [5, 5.41) is 19.2. The number of phenolic OH excluding ortho intramolecular Hbond substituents is 1. The Balaban J connectivity index is 1.89. The van der Waals surface area contributed by atoms with Gasteiger partial charge in [0.2, 0.25) is 0 Å². The molecule has 2 aromatic rings. The molecule has 0 amide bonds. The SMILES string of the molecule is Cc1ccc(-c2cc(O)c3c(c2)CN(CCC(=O)O)CCO3)s1. The van der Waals surface area contributed by atoms with Crippen molar-refractivity contribution in [3.05, 3.63) is 34.7 Å². The molecule has 0 fully saturated rings. The maximum Gasteiger partial charge on any atom is 0.304 e. The Kier molecular flexibility index (Phi) is 4.54. The van der Waals surface area contributed by atoms with Crippen LogP contribution in [-0.4, -0.2) is 40.8 Å². The Morgan fingerprint density at radius 2 is 2.22 bits per heavy atom. The monoisotopic (exact) mass is 333 g/mol. The highest BCUT2D eigenvalue weighted by Gasteiger charge is 2.20. The van der Waals surface area contributed by atoms with Crippen LogP contribution >= 0.6 is 11.3 Å². The summed E-state index contributed by atoms with van der Waals surface area (Å²) in [6.07, 6.45) is 0.102. The first kappa shape index (κ1) is 15.8. The molecule has 0 saturated heterocycles. The Bertz CT molecular complexity index is 725. The average Bonchev–Trinajstić information content (AvgIpc) is 2.81. The van der Waals surface area contributed by atoms with Crippen molar-refractivity contribution in [1.29, 1.82) is 0 Å². The summed E-state index contributed by atoms with van der Waals surface area (Å²) in [5.74, 6) is -0.149. The van der Waals surface area contributed by atoms with Gasteiger partial charge in [0.05, 0.1) is 6.42 Å². The molecule has 5 nitrogen and oxygen atoms in total. The Hall–Kier alpha value is -2.05. The Labute approximate surface area is 138 Å². The van der Waals surface area contributed by atoms with Crippen LogP contribution in [0.5, 0.6) is 11.5 Å². The van der Waals surface area contributed by atoms with E-state index in [1.807, 2.05) is 24.0 Å². The third-order valence-electron chi connectivity index (χ3n) is 3.86. The van der Waals surface area contributed by atoms with Crippen LogP contribution in [0, 0.1) is 6.92 Å². The number of fused-ring (bicyclic) bond motifs is 1. The van der Waals surface area contributed by atoms with Crippen molar-refractivity contribution in [3.8, 4) is 21.9 Å². The zero-order valence-electron chi connectivity index (χ0n) is 12.9. The third-order valence-corrected chi connectivity index (χ3v) is 4.91. The minimum atomic E-state index is -0.805. The fraction of sp³-hybridized carbons (Fsp3) is 0.353. The predicted octanol–water partition coefficient (Wildman–Crippen LogP) is 3.10. The number of carboxylic acids is 1. The topological polar surface area (TPSA) is 70.0 Å². The zero-order valence-corrected chi connectivity index (χ0v) is 13.7. The number of hydrogen-bond donors (Lipinski definition) is 2. The van der Waals surface area contributed by atoms with Gasteiger partial charge in [0, 0.05) is 35.0 Å². The molecule has 0 radical (unpaired) electrons. The molecule has 0 bridgehead atoms. The van der Waals surface area contributed by atoms with Crippen molar-refractivity contribution in [1.82, 2.24) is 4.90 Å². The summed E-state index contributed by atoms with van der Waals surface area (Å²) in [4.78, 5) is 15.1. The molecule has 23 heavy (non-hydrogen) atoms. The summed E-state index contributed by atoms with van der Waals surface area (Å²) < 4.78 is 5.68. The molecule has 122 valence electrons. The van der Waals surface area contributed by atoms with Crippen molar-refractivity contribution in [2.75, 3.05) is 19.7 Å². The summed E-state index contributed by atoms with van der Waals surface area (Å²) in [7, 11) is 0. The molecule has 2 N–H and O–H groups in total. The molecule has 0 spiro atoms. The molecule has 0 aliphatic carbocycles. The molecule has 0 atom stereocenters. The van der Waals surface area contributed by atoms with Gasteiger partial charge in [-0.15, -0.1) is 11.3 Å². The summed E-state index contributed by atoms with van der Waals surface area (Å²) in [5.41, 5.74) is 1.86. The van der Waals surface area contributed by atoms with Crippen LogP contribution in [0.4, 0.5) is 0 Å². The largest absolute Gasteiger partial charge is 0.504 e. The van der Waals surface area contributed by atoms with Crippen molar-refractivity contribution < 1.29 is 19.7 Å². The second kappa shape index (κ2) is 6.60. The molecular weight excluding hydrogens is 314 g/mol. The molecular formula is C17H19NO4S. The maximum atomic E-state index is 10.8. The lowest BCUT2D eigenvalue weighted by atomic mass is 10.1. The van der Waals surface area contributed by atoms with E-state index in [1.54, 1.807) is 17.4 Å². The molecule has 1 aliphatic heterocycles. The lowest BCUT2D eigenvalue weighted by molar-refractivity contribution is -0.137. The van der Waals surface area contributed by atoms with E-state index in [2.05, 4.69) is 6.07 Å². The lowest BCUT2D eigenvalue weighted by Crippen LogP contribution is -2.28. The number of hydrogen-bond acceptors (Lipinski definition) is 5. The molecule has 6 heteroatoms. The first-order valence-corrected chi connectivity index (χ1v) is 8.34. The molecule has 1 aromatic heterocycles. The highest BCUT2D eigenvalue weighted by Crippen LogP contribution is 2.39. The van der Waals surface area contributed by atoms with Crippen LogP contribution in [0.2, 0.25) is 0 Å². The van der Waals surface area contributed by atoms with Crippen LogP contribution in [0.1, 0.15) is 16.9 Å². The van der Waals surface area contributed by atoms with E-state index in [9.17, 15) is 9.90 Å². The number of ether oxygens (including phenoxy) is 1. The minimum Gasteiger partial charge on any atom is -0.504 e. The van der Waals surface area contributed by atoms with Crippen LogP contribution in [0.3, 0.4) is 0 Å². The van der Waals surface area contributed by atoms with E-state index in [0.717, 1.165) is 16.0 Å². The number of aryl methyl sites for hydroxylation is 1. The van der Waals surface area contributed by atoms with Crippen LogP contribution in [-0.2, 0) is 11.3 Å². The number of carbonyl (C=O) groups is 1. The quantitative estimate of drug-likeness (QED) is 0.900. The zero-order chi connectivity index (χ0) is 16.4. The van der Waals surface area contributed by atoms with Gasteiger partial charge in [-0.2, -0.15) is 0 Å². The number of phenols is 1. The first-order chi connectivity index (χ1) is 11.0. The number of rotatable bonds is 4. The van der Waals surface area contributed by atoms with Crippen LogP contribution in [0.25, 0.3) is 10.4 Å². The molecule has 2 heterocycles. The van der Waals surface area contributed by atoms with Gasteiger partial charge in [-0.05, 0) is 36.8 Å². The fourth-order valence-electron chi connectivity index (χ4n) is 2.73. The van der Waals surface area contributed by atoms with Crippen molar-refractivity contribution in [2.24, 2.45) is 0 Å². The van der Waals surface area contributed by atoms with Crippen molar-refractivity contribution >= 4 is 17.3 Å². The number of carboxylic acid groups (broad SMARTS) is 1. The minimum absolute atomic E-state index is 0.102. The van der Waals surface area contributed by atoms with E-state index in [4.69, 9.17) is 9.84 Å². The number of benzene rings is 1. The van der Waals surface area contributed by atoms with Gasteiger partial charge in [-0.3, -0.25) is 9.69 Å². The average molecular weight is 333 g/mol. The van der Waals surface area contributed by atoms with Gasteiger partial charge in [-0.1, -0.05) is 0 Å². The first-order valence-electron chi connectivity index (χ1n) is 7.52. The molecule has 1 aliphatic rings. The second-order valence-corrected chi connectivity index (χ2v) is 6.95. The predicted molar refractivity (Wildman–Crippen MR) is 89.2 cm³/mol. The fourth-order valence-corrected chi connectivity index (χ4v) is 3.58. The third kappa shape index (κ3) is 3.65. The molecule has 3 rings (SSSR count). The molecule has 0 unspecified atom stereocenters. The van der Waals surface area contributed by atoms with Gasteiger partial charge in [0.1, 0.15) is 6.61 Å². The van der Waals surface area contributed by atoms with Gasteiger partial charge in [0.15, 0.2) is 11.5 Å². The summed E-state index contributed by atoms with van der Waals surface area (Å²) >= 11 is 1.68. The van der Waals surface area contributed by atoms with Gasteiger partial charge < -0.3 is 14.9 Å². The van der Waals surface area contributed by atoms with Crippen molar-refractivity contribution in [3.63, 3.8) is 0 Å².